The first kappa shape index (κ1) is 28.5. The van der Waals surface area contributed by atoms with Gasteiger partial charge in [-0.25, -0.2) is 0 Å². The zero-order valence-corrected chi connectivity index (χ0v) is 23.9. The number of rotatable bonds is 11. The van der Waals surface area contributed by atoms with Crippen molar-refractivity contribution in [3.8, 4) is 23.0 Å². The molecule has 0 fully saturated rings. The quantitative estimate of drug-likeness (QED) is 0.242. The number of hydrogen-bond donors (Lipinski definition) is 1. The Labute approximate surface area is 234 Å². The van der Waals surface area contributed by atoms with Gasteiger partial charge in [0.05, 0.1) is 39.0 Å². The molecule has 8 heteroatoms. The topological polar surface area (TPSA) is 90.1 Å². The molecule has 1 heterocycles. The summed E-state index contributed by atoms with van der Waals surface area (Å²) >= 11 is 0. The molecule has 1 aromatic heterocycles. The Kier molecular flexibility index (Phi) is 8.99. The smallest absolute Gasteiger partial charge is 0.258 e. The van der Waals surface area contributed by atoms with E-state index in [1.807, 2.05) is 71.0 Å². The van der Waals surface area contributed by atoms with Gasteiger partial charge in [-0.2, -0.15) is 0 Å². The van der Waals surface area contributed by atoms with Gasteiger partial charge in [0.1, 0.15) is 5.75 Å². The van der Waals surface area contributed by atoms with Gasteiger partial charge in [0, 0.05) is 22.9 Å². The summed E-state index contributed by atoms with van der Waals surface area (Å²) in [5.41, 5.74) is 4.00. The van der Waals surface area contributed by atoms with Gasteiger partial charge in [-0.15, -0.1) is 0 Å². The van der Waals surface area contributed by atoms with Gasteiger partial charge >= 0.3 is 0 Å². The van der Waals surface area contributed by atoms with Crippen LogP contribution in [0.2, 0.25) is 0 Å². The minimum atomic E-state index is -0.303. The van der Waals surface area contributed by atoms with E-state index in [9.17, 15) is 9.59 Å². The van der Waals surface area contributed by atoms with Crippen molar-refractivity contribution in [2.75, 3.05) is 31.8 Å². The normalized spacial score (nSPS) is 10.8. The summed E-state index contributed by atoms with van der Waals surface area (Å²) in [6.07, 6.45) is 0. The number of hydrogen-bond acceptors (Lipinski definition) is 6. The maximum Gasteiger partial charge on any atom is 0.258 e. The van der Waals surface area contributed by atoms with E-state index in [0.29, 0.717) is 65.1 Å². The first-order chi connectivity index (χ1) is 19.3. The Morgan fingerprint density at radius 3 is 2.10 bits per heavy atom. The number of H-pyrrole nitrogens is 1. The van der Waals surface area contributed by atoms with Crippen LogP contribution in [-0.4, -0.2) is 37.8 Å². The predicted octanol–water partition coefficient (Wildman–Crippen LogP) is 6.20. The SMILES string of the molecule is CCOc1cc(C(=O)N(Cc2cc3ccc(OC)cc3[nH]c2=O)c2ccc(C)c(C)c2)cc(OCC)c1OCC. The molecule has 4 rings (SSSR count). The van der Waals surface area contributed by atoms with Crippen LogP contribution in [-0.2, 0) is 6.54 Å². The fourth-order valence-corrected chi connectivity index (χ4v) is 4.48. The fourth-order valence-electron chi connectivity index (χ4n) is 4.48. The van der Waals surface area contributed by atoms with Crippen LogP contribution in [0.3, 0.4) is 0 Å². The number of pyridine rings is 1. The molecule has 0 aliphatic rings. The van der Waals surface area contributed by atoms with E-state index in [1.54, 1.807) is 30.2 Å². The predicted molar refractivity (Wildman–Crippen MR) is 157 cm³/mol. The highest BCUT2D eigenvalue weighted by Crippen LogP contribution is 2.40. The molecular weight excluding hydrogens is 508 g/mol. The Morgan fingerprint density at radius 1 is 0.825 bits per heavy atom. The first-order valence-electron chi connectivity index (χ1n) is 13.4. The van der Waals surface area contributed by atoms with E-state index >= 15 is 0 Å². The molecule has 40 heavy (non-hydrogen) atoms. The lowest BCUT2D eigenvalue weighted by molar-refractivity contribution is 0.0984. The number of carbonyl (C=O) groups is 1. The molecule has 0 bridgehead atoms. The molecule has 210 valence electrons. The lowest BCUT2D eigenvalue weighted by Crippen LogP contribution is -2.33. The number of ether oxygens (including phenoxy) is 4. The average molecular weight is 545 g/mol. The van der Waals surface area contributed by atoms with E-state index in [-0.39, 0.29) is 18.0 Å². The van der Waals surface area contributed by atoms with Gasteiger partial charge in [-0.3, -0.25) is 9.59 Å². The number of nitrogens with zero attached hydrogens (tertiary/aromatic N) is 1. The van der Waals surface area contributed by atoms with Crippen molar-refractivity contribution < 1.29 is 23.7 Å². The van der Waals surface area contributed by atoms with Crippen LogP contribution in [0.15, 0.2) is 59.4 Å². The van der Waals surface area contributed by atoms with E-state index in [0.717, 1.165) is 16.5 Å². The molecule has 3 aromatic carbocycles. The van der Waals surface area contributed by atoms with Crippen molar-refractivity contribution in [3.05, 3.63) is 87.2 Å². The van der Waals surface area contributed by atoms with Crippen LogP contribution >= 0.6 is 0 Å². The largest absolute Gasteiger partial charge is 0.497 e. The number of aryl methyl sites for hydroxylation is 2. The molecular formula is C32H36N2O6. The second kappa shape index (κ2) is 12.6. The summed E-state index contributed by atoms with van der Waals surface area (Å²) < 4.78 is 22.8. The van der Waals surface area contributed by atoms with Crippen molar-refractivity contribution in [1.29, 1.82) is 0 Å². The highest BCUT2D eigenvalue weighted by molar-refractivity contribution is 6.07. The summed E-state index contributed by atoms with van der Waals surface area (Å²) in [4.78, 5) is 32.0. The van der Waals surface area contributed by atoms with Crippen molar-refractivity contribution >= 4 is 22.5 Å². The van der Waals surface area contributed by atoms with Crippen LogP contribution in [0.1, 0.15) is 47.8 Å². The number of benzene rings is 3. The van der Waals surface area contributed by atoms with Gasteiger partial charge in [0.2, 0.25) is 5.75 Å². The number of carbonyl (C=O) groups excluding carboxylic acids is 1. The van der Waals surface area contributed by atoms with Crippen molar-refractivity contribution in [2.24, 2.45) is 0 Å². The van der Waals surface area contributed by atoms with Crippen LogP contribution in [0.5, 0.6) is 23.0 Å². The lowest BCUT2D eigenvalue weighted by Gasteiger charge is -2.25. The molecule has 0 radical (unpaired) electrons. The summed E-state index contributed by atoms with van der Waals surface area (Å²) in [6.45, 7) is 10.9. The molecule has 4 aromatic rings. The number of anilines is 1. The third-order valence-corrected chi connectivity index (χ3v) is 6.66. The second-order valence-corrected chi connectivity index (χ2v) is 9.34. The number of methoxy groups -OCH3 is 1. The average Bonchev–Trinajstić information content (AvgIpc) is 2.94. The highest BCUT2D eigenvalue weighted by Gasteiger charge is 2.24. The second-order valence-electron chi connectivity index (χ2n) is 9.34. The Bertz CT molecular complexity index is 1550. The summed E-state index contributed by atoms with van der Waals surface area (Å²) in [6, 6.07) is 16.5. The summed E-state index contributed by atoms with van der Waals surface area (Å²) in [5.74, 6) is 1.66. The van der Waals surface area contributed by atoms with Crippen molar-refractivity contribution in [2.45, 2.75) is 41.2 Å². The minimum absolute atomic E-state index is 0.0553. The molecule has 0 saturated heterocycles. The molecule has 0 atom stereocenters. The molecule has 0 saturated carbocycles. The van der Waals surface area contributed by atoms with Gasteiger partial charge in [-0.1, -0.05) is 6.07 Å². The van der Waals surface area contributed by atoms with Crippen LogP contribution in [0.4, 0.5) is 5.69 Å². The molecule has 0 unspecified atom stereocenters. The maximum absolute atomic E-state index is 14.2. The van der Waals surface area contributed by atoms with E-state index in [2.05, 4.69) is 4.98 Å². The van der Waals surface area contributed by atoms with E-state index in [4.69, 9.17) is 18.9 Å². The Balaban J connectivity index is 1.84. The van der Waals surface area contributed by atoms with E-state index < -0.39 is 0 Å². The molecule has 1 amide bonds. The summed E-state index contributed by atoms with van der Waals surface area (Å²) in [7, 11) is 1.58. The van der Waals surface area contributed by atoms with Crippen molar-refractivity contribution in [1.82, 2.24) is 4.98 Å². The fraction of sp³-hybridized carbons (Fsp3) is 0.312. The van der Waals surface area contributed by atoms with Gasteiger partial charge in [-0.05, 0) is 93.6 Å². The highest BCUT2D eigenvalue weighted by atomic mass is 16.5. The third kappa shape index (κ3) is 6.06. The molecule has 1 N–H and O–H groups in total. The third-order valence-electron chi connectivity index (χ3n) is 6.66. The number of amides is 1. The van der Waals surface area contributed by atoms with Gasteiger partial charge in [0.25, 0.3) is 11.5 Å². The van der Waals surface area contributed by atoms with Gasteiger partial charge in [0.15, 0.2) is 11.5 Å². The lowest BCUT2D eigenvalue weighted by atomic mass is 10.1. The molecule has 8 nitrogen and oxygen atoms in total. The summed E-state index contributed by atoms with van der Waals surface area (Å²) in [5, 5.41) is 0.834. The Morgan fingerprint density at radius 2 is 1.50 bits per heavy atom. The standard InChI is InChI=1S/C32H36N2O6/c1-7-38-28-16-23(17-29(39-8-2)30(28)40-9-3)32(36)34(25-12-10-20(4)21(5)14-25)19-24-15-22-11-13-26(37-6)18-27(22)33-31(24)35/h10-18H,7-9,19H2,1-6H3,(H,33,35). The number of aromatic nitrogens is 1. The van der Waals surface area contributed by atoms with Gasteiger partial charge < -0.3 is 28.8 Å². The van der Waals surface area contributed by atoms with Crippen LogP contribution in [0, 0.1) is 13.8 Å². The van der Waals surface area contributed by atoms with Crippen LogP contribution in [0.25, 0.3) is 10.9 Å². The van der Waals surface area contributed by atoms with Crippen LogP contribution < -0.4 is 29.4 Å². The zero-order chi connectivity index (χ0) is 28.8. The molecule has 0 aliphatic heterocycles. The first-order valence-corrected chi connectivity index (χ1v) is 13.4. The molecule has 0 aliphatic carbocycles. The minimum Gasteiger partial charge on any atom is -0.497 e. The maximum atomic E-state index is 14.2. The number of aromatic amines is 1. The monoisotopic (exact) mass is 544 g/mol. The number of nitrogens with one attached hydrogen (secondary N) is 1. The number of fused-ring (bicyclic) bond motifs is 1. The van der Waals surface area contributed by atoms with E-state index in [1.165, 1.54) is 0 Å². The zero-order valence-electron chi connectivity index (χ0n) is 23.9. The molecule has 0 spiro atoms. The van der Waals surface area contributed by atoms with Crippen molar-refractivity contribution in [3.63, 3.8) is 0 Å². The Hall–Kier alpha value is -4.46.